The van der Waals surface area contributed by atoms with Gasteiger partial charge in [-0.15, -0.1) is 11.6 Å². The number of rotatable bonds is 2. The molecule has 0 aromatic carbocycles. The summed E-state index contributed by atoms with van der Waals surface area (Å²) in [6, 6.07) is 2.02. The van der Waals surface area contributed by atoms with E-state index in [2.05, 4.69) is 16.8 Å². The first-order valence-electron chi connectivity index (χ1n) is 6.05. The Morgan fingerprint density at radius 3 is 3.12 bits per heavy atom. The maximum atomic E-state index is 5.97. The van der Waals surface area contributed by atoms with Gasteiger partial charge in [0.05, 0.1) is 11.9 Å². The van der Waals surface area contributed by atoms with E-state index in [1.807, 2.05) is 18.5 Å². The highest BCUT2D eigenvalue weighted by molar-refractivity contribution is 6.17. The third-order valence-electron chi connectivity index (χ3n) is 3.39. The second kappa shape index (κ2) is 5.53. The van der Waals surface area contributed by atoms with Crippen LogP contribution in [0.4, 0.5) is 5.69 Å². The van der Waals surface area contributed by atoms with Gasteiger partial charge in [0.2, 0.25) is 0 Å². The first-order chi connectivity index (χ1) is 7.81. The maximum Gasteiger partial charge on any atom is 0.0597 e. The van der Waals surface area contributed by atoms with Crippen molar-refractivity contribution in [2.45, 2.75) is 32.1 Å². The van der Waals surface area contributed by atoms with E-state index in [1.165, 1.54) is 30.5 Å². The first-order valence-corrected chi connectivity index (χ1v) is 6.58. The molecular weight excluding hydrogens is 220 g/mol. The van der Waals surface area contributed by atoms with Crippen LogP contribution in [0, 0.1) is 5.92 Å². The second-order valence-corrected chi connectivity index (χ2v) is 4.93. The molecule has 2 heterocycles. The van der Waals surface area contributed by atoms with Gasteiger partial charge in [-0.3, -0.25) is 4.98 Å². The number of hydrogen-bond acceptors (Lipinski definition) is 2. The van der Waals surface area contributed by atoms with E-state index in [4.69, 9.17) is 11.6 Å². The standard InChI is InChI=1S/C13H19ClN2/c1-11-3-2-7-16(8-5-11)13-10-15-6-4-12(13)9-14/h4,6,10-11H,2-3,5,7-9H2,1H3. The van der Waals surface area contributed by atoms with E-state index >= 15 is 0 Å². The van der Waals surface area contributed by atoms with Crippen molar-refractivity contribution in [2.75, 3.05) is 18.0 Å². The van der Waals surface area contributed by atoms with Crippen LogP contribution in [-0.4, -0.2) is 18.1 Å². The topological polar surface area (TPSA) is 16.1 Å². The Kier molecular flexibility index (Phi) is 4.05. The van der Waals surface area contributed by atoms with Crippen molar-refractivity contribution in [2.24, 2.45) is 5.92 Å². The van der Waals surface area contributed by atoms with Gasteiger partial charge in [0.15, 0.2) is 0 Å². The highest BCUT2D eigenvalue weighted by Gasteiger charge is 2.16. The molecule has 1 aliphatic heterocycles. The molecule has 1 aromatic rings. The lowest BCUT2D eigenvalue weighted by Gasteiger charge is -2.24. The number of hydrogen-bond donors (Lipinski definition) is 0. The van der Waals surface area contributed by atoms with E-state index in [0.29, 0.717) is 5.88 Å². The van der Waals surface area contributed by atoms with Crippen LogP contribution in [-0.2, 0) is 5.88 Å². The Morgan fingerprint density at radius 1 is 1.44 bits per heavy atom. The predicted molar refractivity (Wildman–Crippen MR) is 69.0 cm³/mol. The average molecular weight is 239 g/mol. The molecule has 0 radical (unpaired) electrons. The molecule has 1 aliphatic rings. The normalized spacial score (nSPS) is 21.9. The first kappa shape index (κ1) is 11.7. The van der Waals surface area contributed by atoms with Gasteiger partial charge in [0.25, 0.3) is 0 Å². The summed E-state index contributed by atoms with van der Waals surface area (Å²) < 4.78 is 0. The zero-order valence-electron chi connectivity index (χ0n) is 9.82. The van der Waals surface area contributed by atoms with Crippen molar-refractivity contribution in [3.8, 4) is 0 Å². The Hall–Kier alpha value is -0.760. The van der Waals surface area contributed by atoms with Crippen LogP contribution in [0.5, 0.6) is 0 Å². The molecule has 88 valence electrons. The van der Waals surface area contributed by atoms with Crippen molar-refractivity contribution in [1.82, 2.24) is 4.98 Å². The molecular formula is C13H19ClN2. The molecule has 1 atom stereocenters. The molecule has 1 saturated heterocycles. The summed E-state index contributed by atoms with van der Waals surface area (Å²) in [7, 11) is 0. The third kappa shape index (κ3) is 2.67. The summed E-state index contributed by atoms with van der Waals surface area (Å²) in [5, 5.41) is 0. The zero-order valence-corrected chi connectivity index (χ0v) is 10.6. The monoisotopic (exact) mass is 238 g/mol. The number of alkyl halides is 1. The SMILES string of the molecule is CC1CCCN(c2cnccc2CCl)CC1. The highest BCUT2D eigenvalue weighted by atomic mass is 35.5. The van der Waals surface area contributed by atoms with Crippen LogP contribution in [0.25, 0.3) is 0 Å². The number of halogens is 1. The number of pyridine rings is 1. The fourth-order valence-corrected chi connectivity index (χ4v) is 2.54. The molecule has 0 N–H and O–H groups in total. The smallest absolute Gasteiger partial charge is 0.0597 e. The minimum absolute atomic E-state index is 0.573. The van der Waals surface area contributed by atoms with E-state index in [0.717, 1.165) is 19.0 Å². The summed E-state index contributed by atoms with van der Waals surface area (Å²) in [6.07, 6.45) is 7.66. The Morgan fingerprint density at radius 2 is 2.31 bits per heavy atom. The summed E-state index contributed by atoms with van der Waals surface area (Å²) in [5.74, 6) is 1.42. The summed E-state index contributed by atoms with van der Waals surface area (Å²) in [6.45, 7) is 4.62. The van der Waals surface area contributed by atoms with Crippen LogP contribution >= 0.6 is 11.6 Å². The third-order valence-corrected chi connectivity index (χ3v) is 3.68. The number of anilines is 1. The summed E-state index contributed by atoms with van der Waals surface area (Å²) in [4.78, 5) is 6.66. The molecule has 0 saturated carbocycles. The molecule has 0 amide bonds. The predicted octanol–water partition coefficient (Wildman–Crippen LogP) is 3.45. The van der Waals surface area contributed by atoms with Crippen molar-refractivity contribution in [3.05, 3.63) is 24.0 Å². The average Bonchev–Trinajstić information content (AvgIpc) is 2.54. The van der Waals surface area contributed by atoms with Crippen LogP contribution in [0.3, 0.4) is 0 Å². The lowest BCUT2D eigenvalue weighted by atomic mass is 10.0. The Labute approximate surface area is 103 Å². The molecule has 1 unspecified atom stereocenters. The Bertz CT molecular complexity index is 340. The molecule has 3 heteroatoms. The van der Waals surface area contributed by atoms with Gasteiger partial charge in [-0.1, -0.05) is 6.92 Å². The molecule has 1 aromatic heterocycles. The number of aromatic nitrogens is 1. The van der Waals surface area contributed by atoms with Crippen LogP contribution in [0.1, 0.15) is 31.7 Å². The van der Waals surface area contributed by atoms with Gasteiger partial charge in [-0.2, -0.15) is 0 Å². The van der Waals surface area contributed by atoms with Crippen molar-refractivity contribution in [3.63, 3.8) is 0 Å². The zero-order chi connectivity index (χ0) is 11.4. The molecule has 16 heavy (non-hydrogen) atoms. The summed E-state index contributed by atoms with van der Waals surface area (Å²) >= 11 is 5.97. The number of nitrogens with zero attached hydrogens (tertiary/aromatic N) is 2. The van der Waals surface area contributed by atoms with Gasteiger partial charge >= 0.3 is 0 Å². The van der Waals surface area contributed by atoms with Crippen molar-refractivity contribution >= 4 is 17.3 Å². The fourth-order valence-electron chi connectivity index (χ4n) is 2.32. The molecule has 0 bridgehead atoms. The largest absolute Gasteiger partial charge is 0.370 e. The van der Waals surface area contributed by atoms with Crippen LogP contribution in [0.2, 0.25) is 0 Å². The lowest BCUT2D eigenvalue weighted by Crippen LogP contribution is -2.25. The lowest BCUT2D eigenvalue weighted by molar-refractivity contribution is 0.521. The van der Waals surface area contributed by atoms with E-state index in [-0.39, 0.29) is 0 Å². The quantitative estimate of drug-likeness (QED) is 0.734. The van der Waals surface area contributed by atoms with Gasteiger partial charge in [0.1, 0.15) is 0 Å². The molecule has 0 aliphatic carbocycles. The van der Waals surface area contributed by atoms with E-state index in [9.17, 15) is 0 Å². The summed E-state index contributed by atoms with van der Waals surface area (Å²) in [5.41, 5.74) is 2.43. The van der Waals surface area contributed by atoms with Crippen LogP contribution < -0.4 is 4.90 Å². The van der Waals surface area contributed by atoms with Gasteiger partial charge in [-0.05, 0) is 36.8 Å². The van der Waals surface area contributed by atoms with Crippen molar-refractivity contribution in [1.29, 1.82) is 0 Å². The van der Waals surface area contributed by atoms with E-state index in [1.54, 1.807) is 0 Å². The van der Waals surface area contributed by atoms with Gasteiger partial charge in [0, 0.05) is 25.2 Å². The molecule has 2 rings (SSSR count). The highest BCUT2D eigenvalue weighted by Crippen LogP contribution is 2.25. The van der Waals surface area contributed by atoms with Crippen LogP contribution in [0.15, 0.2) is 18.5 Å². The van der Waals surface area contributed by atoms with Gasteiger partial charge < -0.3 is 4.90 Å². The molecule has 1 fully saturated rings. The van der Waals surface area contributed by atoms with E-state index < -0.39 is 0 Å². The second-order valence-electron chi connectivity index (χ2n) is 4.66. The Balaban J connectivity index is 2.16. The molecule has 0 spiro atoms. The fraction of sp³-hybridized carbons (Fsp3) is 0.615. The van der Waals surface area contributed by atoms with Crippen molar-refractivity contribution < 1.29 is 0 Å². The van der Waals surface area contributed by atoms with Gasteiger partial charge in [-0.25, -0.2) is 0 Å². The minimum Gasteiger partial charge on any atom is -0.370 e. The maximum absolute atomic E-state index is 5.97. The minimum atomic E-state index is 0.573. The molecule has 2 nitrogen and oxygen atoms in total.